The van der Waals surface area contributed by atoms with Crippen molar-refractivity contribution < 1.29 is 13.9 Å². The van der Waals surface area contributed by atoms with Crippen LogP contribution in [0.4, 0.5) is 0 Å². The first kappa shape index (κ1) is 27.4. The average Bonchev–Trinajstić information content (AvgIpc) is 3.21. The van der Waals surface area contributed by atoms with Gasteiger partial charge in [0.05, 0.1) is 12.7 Å². The van der Waals surface area contributed by atoms with Crippen LogP contribution in [0.25, 0.3) is 11.0 Å². The van der Waals surface area contributed by atoms with Gasteiger partial charge in [0, 0.05) is 17.5 Å². The van der Waals surface area contributed by atoms with E-state index < -0.39 is 0 Å². The molecular weight excluding hydrogens is 652 g/mol. The summed E-state index contributed by atoms with van der Waals surface area (Å²) in [7, 11) is 0. The molecule has 0 spiro atoms. The van der Waals surface area contributed by atoms with Gasteiger partial charge in [0.1, 0.15) is 24.2 Å². The van der Waals surface area contributed by atoms with Gasteiger partial charge in [-0.25, -0.2) is 0 Å². The Hall–Kier alpha value is -0.840. The third kappa shape index (κ3) is 6.18. The third-order valence-electron chi connectivity index (χ3n) is 5.58. The summed E-state index contributed by atoms with van der Waals surface area (Å²) in [6, 6.07) is 9.68. The van der Waals surface area contributed by atoms with Gasteiger partial charge < -0.3 is 14.1 Å². The van der Waals surface area contributed by atoms with E-state index in [9.17, 15) is 4.79 Å². The van der Waals surface area contributed by atoms with E-state index in [1.54, 1.807) is 6.26 Å². The summed E-state index contributed by atoms with van der Waals surface area (Å²) in [5.74, 6) is 0.912. The fourth-order valence-corrected chi connectivity index (χ4v) is 5.95. The molecule has 3 aromatic rings. The van der Waals surface area contributed by atoms with Crippen LogP contribution in [0.3, 0.4) is 0 Å². The zero-order valence-electron chi connectivity index (χ0n) is 18.7. The van der Waals surface area contributed by atoms with Crippen molar-refractivity contribution in [3.8, 4) is 5.75 Å². The highest BCUT2D eigenvalue weighted by atomic mass is 127. The van der Waals surface area contributed by atoms with Crippen LogP contribution in [0.2, 0.25) is 0 Å². The molecule has 0 radical (unpaired) electrons. The number of hydrogen-bond acceptors (Lipinski definition) is 4. The SMILES string of the molecule is CCCCc1c(C(=O)c2coc3ccccc23)cc(I)c(OCCN(CC)CC)c1I.Cl. The van der Waals surface area contributed by atoms with E-state index in [1.807, 2.05) is 30.3 Å². The molecule has 3 rings (SSSR count). The van der Waals surface area contributed by atoms with E-state index in [0.717, 1.165) is 73.9 Å². The summed E-state index contributed by atoms with van der Waals surface area (Å²) >= 11 is 4.65. The molecule has 0 aliphatic carbocycles. The number of fused-ring (bicyclic) bond motifs is 1. The first-order valence-electron chi connectivity index (χ1n) is 10.9. The van der Waals surface area contributed by atoms with Gasteiger partial charge in [0.2, 0.25) is 0 Å². The van der Waals surface area contributed by atoms with Gasteiger partial charge in [-0.1, -0.05) is 45.4 Å². The lowest BCUT2D eigenvalue weighted by molar-refractivity contribution is 0.103. The van der Waals surface area contributed by atoms with E-state index >= 15 is 0 Å². The maximum absolute atomic E-state index is 13.6. The van der Waals surface area contributed by atoms with Crippen LogP contribution in [-0.2, 0) is 6.42 Å². The number of para-hydroxylation sites is 1. The van der Waals surface area contributed by atoms with Crippen LogP contribution in [0.15, 0.2) is 41.0 Å². The van der Waals surface area contributed by atoms with Crippen molar-refractivity contribution in [1.82, 2.24) is 4.90 Å². The van der Waals surface area contributed by atoms with E-state index in [0.29, 0.717) is 12.2 Å². The Labute approximate surface area is 224 Å². The molecule has 1 heterocycles. The molecule has 0 atom stereocenters. The second-order valence-corrected chi connectivity index (χ2v) is 9.72. The quantitative estimate of drug-likeness (QED) is 0.157. The molecule has 0 N–H and O–H groups in total. The minimum absolute atomic E-state index is 0. The van der Waals surface area contributed by atoms with Crippen molar-refractivity contribution in [2.75, 3.05) is 26.2 Å². The summed E-state index contributed by atoms with van der Waals surface area (Å²) in [6.45, 7) is 10.1. The monoisotopic (exact) mass is 681 g/mol. The number of nitrogens with zero attached hydrogens (tertiary/aromatic N) is 1. The molecule has 7 heteroatoms. The molecule has 0 aliphatic rings. The molecule has 0 saturated heterocycles. The van der Waals surface area contributed by atoms with Crippen LogP contribution in [0.5, 0.6) is 5.75 Å². The Morgan fingerprint density at radius 1 is 1.09 bits per heavy atom. The standard InChI is InChI=1S/C25H29I2NO3.ClH/c1-4-7-10-18-19(24(29)20-16-31-22-12-9-8-11-17(20)22)15-21(26)25(23(18)27)30-14-13-28(5-2)6-3;/h8-9,11-12,15-16H,4-7,10,13-14H2,1-3H3;1H. The Bertz CT molecular complexity index is 1050. The zero-order valence-corrected chi connectivity index (χ0v) is 23.9. The molecule has 0 amide bonds. The summed E-state index contributed by atoms with van der Waals surface area (Å²) < 4.78 is 13.9. The second kappa shape index (κ2) is 13.2. The molecular formula is C25H30ClI2NO3. The highest BCUT2D eigenvalue weighted by Crippen LogP contribution is 2.36. The first-order chi connectivity index (χ1) is 15.0. The Kier molecular flexibility index (Phi) is 11.3. The minimum atomic E-state index is 0. The van der Waals surface area contributed by atoms with Crippen molar-refractivity contribution in [3.05, 3.63) is 60.4 Å². The Morgan fingerprint density at radius 3 is 2.50 bits per heavy atom. The van der Waals surface area contributed by atoms with Crippen LogP contribution < -0.4 is 4.74 Å². The van der Waals surface area contributed by atoms with Gasteiger partial charge >= 0.3 is 0 Å². The normalized spacial score (nSPS) is 11.1. The van der Waals surface area contributed by atoms with E-state index in [-0.39, 0.29) is 18.2 Å². The topological polar surface area (TPSA) is 42.7 Å². The summed E-state index contributed by atoms with van der Waals surface area (Å²) in [5, 5.41) is 0.860. The lowest BCUT2D eigenvalue weighted by Crippen LogP contribution is -2.28. The van der Waals surface area contributed by atoms with Crippen molar-refractivity contribution in [3.63, 3.8) is 0 Å². The Morgan fingerprint density at radius 2 is 1.81 bits per heavy atom. The molecule has 174 valence electrons. The number of carbonyl (C=O) groups excluding carboxylic acids is 1. The van der Waals surface area contributed by atoms with Crippen LogP contribution >= 0.6 is 57.6 Å². The maximum Gasteiger partial charge on any atom is 0.197 e. The molecule has 2 aromatic carbocycles. The number of unbranched alkanes of at least 4 members (excludes halogenated alkanes) is 1. The molecule has 4 nitrogen and oxygen atoms in total. The number of rotatable bonds is 11. The third-order valence-corrected chi connectivity index (χ3v) is 7.52. The predicted molar refractivity (Wildman–Crippen MR) is 151 cm³/mol. The number of benzene rings is 2. The zero-order chi connectivity index (χ0) is 22.4. The van der Waals surface area contributed by atoms with Crippen LogP contribution in [0, 0.1) is 7.14 Å². The lowest BCUT2D eigenvalue weighted by atomic mass is 9.95. The number of hydrogen-bond donors (Lipinski definition) is 0. The van der Waals surface area contributed by atoms with Crippen molar-refractivity contribution in [1.29, 1.82) is 0 Å². The number of ether oxygens (including phenoxy) is 1. The molecule has 0 bridgehead atoms. The van der Waals surface area contributed by atoms with Gasteiger partial charge in [-0.3, -0.25) is 4.79 Å². The minimum Gasteiger partial charge on any atom is -0.490 e. The first-order valence-corrected chi connectivity index (χ1v) is 13.0. The molecule has 0 aliphatic heterocycles. The van der Waals surface area contributed by atoms with Crippen LogP contribution in [0.1, 0.15) is 55.1 Å². The van der Waals surface area contributed by atoms with Gasteiger partial charge in [-0.15, -0.1) is 12.4 Å². The van der Waals surface area contributed by atoms with Gasteiger partial charge in [0.15, 0.2) is 5.78 Å². The van der Waals surface area contributed by atoms with Gasteiger partial charge in [-0.2, -0.15) is 0 Å². The summed E-state index contributed by atoms with van der Waals surface area (Å²) in [5.41, 5.74) is 3.19. The number of carbonyl (C=O) groups is 1. The molecule has 0 unspecified atom stereocenters. The van der Waals surface area contributed by atoms with Gasteiger partial charge in [-0.05, 0) is 88.8 Å². The largest absolute Gasteiger partial charge is 0.490 e. The molecule has 1 aromatic heterocycles. The molecule has 0 fully saturated rings. The highest BCUT2D eigenvalue weighted by molar-refractivity contribution is 14.1. The number of ketones is 1. The molecule has 32 heavy (non-hydrogen) atoms. The Balaban J connectivity index is 0.00000363. The van der Waals surface area contributed by atoms with E-state index in [1.165, 1.54) is 0 Å². The summed E-state index contributed by atoms with van der Waals surface area (Å²) in [4.78, 5) is 15.9. The predicted octanol–water partition coefficient (Wildman–Crippen LogP) is 7.36. The van der Waals surface area contributed by atoms with Gasteiger partial charge in [0.25, 0.3) is 0 Å². The fraction of sp³-hybridized carbons (Fsp3) is 0.400. The van der Waals surface area contributed by atoms with Crippen LogP contribution in [-0.4, -0.2) is 36.9 Å². The number of furan rings is 1. The number of halogens is 3. The highest BCUT2D eigenvalue weighted by Gasteiger charge is 2.24. The second-order valence-electron chi connectivity index (χ2n) is 7.48. The van der Waals surface area contributed by atoms with Crippen molar-refractivity contribution in [2.45, 2.75) is 40.0 Å². The molecule has 0 saturated carbocycles. The fourth-order valence-electron chi connectivity index (χ4n) is 3.69. The van der Waals surface area contributed by atoms with E-state index in [2.05, 4.69) is 70.9 Å². The van der Waals surface area contributed by atoms with Crippen molar-refractivity contribution in [2.24, 2.45) is 0 Å². The van der Waals surface area contributed by atoms with Crippen molar-refractivity contribution >= 4 is 74.3 Å². The lowest BCUT2D eigenvalue weighted by Gasteiger charge is -2.20. The smallest absolute Gasteiger partial charge is 0.197 e. The average molecular weight is 682 g/mol. The number of likely N-dealkylation sites (N-methyl/N-ethyl adjacent to an activating group) is 1. The maximum atomic E-state index is 13.6. The summed E-state index contributed by atoms with van der Waals surface area (Å²) in [6.07, 6.45) is 4.55. The van der Waals surface area contributed by atoms with E-state index in [4.69, 9.17) is 9.15 Å².